The normalized spacial score (nSPS) is 15.7. The van der Waals surface area contributed by atoms with Crippen LogP contribution in [0.15, 0.2) is 48.7 Å². The predicted molar refractivity (Wildman–Crippen MR) is 104 cm³/mol. The van der Waals surface area contributed by atoms with Gasteiger partial charge in [-0.2, -0.15) is 0 Å². The first-order chi connectivity index (χ1) is 13.1. The van der Waals surface area contributed by atoms with Crippen molar-refractivity contribution in [1.82, 2.24) is 9.88 Å². The Hall–Kier alpha value is -2.21. The smallest absolute Gasteiger partial charge is 0.278 e. The number of rotatable bonds is 8. The minimum atomic E-state index is -2.91. The molecule has 3 rings (SSSR count). The molecule has 2 aromatic rings. The van der Waals surface area contributed by atoms with Crippen LogP contribution in [0.3, 0.4) is 0 Å². The first-order valence-corrected chi connectivity index (χ1v) is 9.50. The Bertz CT molecular complexity index is 704. The number of methoxy groups -OCH3 is 1. The van der Waals surface area contributed by atoms with E-state index in [4.69, 9.17) is 4.74 Å². The fraction of sp³-hybridized carbons (Fsp3) is 0.476. The summed E-state index contributed by atoms with van der Waals surface area (Å²) in [6, 6.07) is 13.3. The Labute approximate surface area is 159 Å². The van der Waals surface area contributed by atoms with Gasteiger partial charge in [0.05, 0.1) is 12.7 Å². The van der Waals surface area contributed by atoms with Crippen molar-refractivity contribution >= 4 is 5.69 Å². The lowest BCUT2D eigenvalue weighted by molar-refractivity contribution is -0.0187. The highest BCUT2D eigenvalue weighted by Crippen LogP contribution is 2.37. The topological polar surface area (TPSA) is 28.6 Å². The van der Waals surface area contributed by atoms with Crippen molar-refractivity contribution in [2.45, 2.75) is 25.2 Å². The quantitative estimate of drug-likeness (QED) is 0.648. The highest BCUT2D eigenvalue weighted by atomic mass is 19.3. The second kappa shape index (κ2) is 9.13. The van der Waals surface area contributed by atoms with Crippen LogP contribution in [0.4, 0.5) is 14.5 Å². The van der Waals surface area contributed by atoms with Gasteiger partial charge in [0.15, 0.2) is 0 Å². The molecule has 1 saturated heterocycles. The zero-order chi connectivity index (χ0) is 19.1. The van der Waals surface area contributed by atoms with Gasteiger partial charge in [0.1, 0.15) is 0 Å². The number of halogens is 2. The van der Waals surface area contributed by atoms with Gasteiger partial charge in [0, 0.05) is 44.5 Å². The Morgan fingerprint density at radius 2 is 1.74 bits per heavy atom. The number of nitrogens with zero attached hydrogens (tertiary/aromatic N) is 3. The molecule has 0 unspecified atom stereocenters. The number of benzene rings is 1. The number of unbranched alkanes of at least 4 members (excludes halogenated alkanes) is 1. The Balaban J connectivity index is 1.40. The lowest BCUT2D eigenvalue weighted by Gasteiger charge is -2.36. The minimum absolute atomic E-state index is 0.0135. The third-order valence-corrected chi connectivity index (χ3v) is 5.07. The molecule has 1 fully saturated rings. The molecule has 0 radical (unpaired) electrons. The van der Waals surface area contributed by atoms with Crippen molar-refractivity contribution in [2.24, 2.45) is 0 Å². The molecule has 0 bridgehead atoms. The summed E-state index contributed by atoms with van der Waals surface area (Å²) < 4.78 is 33.9. The first kappa shape index (κ1) is 19.5. The molecule has 0 N–H and O–H groups in total. The van der Waals surface area contributed by atoms with Crippen LogP contribution in [-0.2, 0) is 5.92 Å². The molecule has 1 aliphatic rings. The number of ether oxygens (including phenoxy) is 1. The van der Waals surface area contributed by atoms with Crippen molar-refractivity contribution in [1.29, 1.82) is 0 Å². The number of piperazine rings is 1. The number of anilines is 1. The van der Waals surface area contributed by atoms with E-state index >= 15 is 0 Å². The highest BCUT2D eigenvalue weighted by Gasteiger charge is 2.34. The summed E-state index contributed by atoms with van der Waals surface area (Å²) in [4.78, 5) is 8.62. The molecular formula is C21H27F2N3O. The van der Waals surface area contributed by atoms with Crippen LogP contribution >= 0.6 is 0 Å². The van der Waals surface area contributed by atoms with Crippen molar-refractivity contribution in [2.75, 3.05) is 44.7 Å². The molecule has 1 aliphatic heterocycles. The number of aromatic nitrogens is 1. The van der Waals surface area contributed by atoms with Crippen molar-refractivity contribution < 1.29 is 13.5 Å². The maximum atomic E-state index is 14.5. The van der Waals surface area contributed by atoms with Gasteiger partial charge in [-0.05, 0) is 43.7 Å². The lowest BCUT2D eigenvalue weighted by Crippen LogP contribution is -2.46. The third kappa shape index (κ3) is 5.16. The molecule has 146 valence electrons. The summed E-state index contributed by atoms with van der Waals surface area (Å²) in [7, 11) is 1.37. The van der Waals surface area contributed by atoms with E-state index in [2.05, 4.69) is 39.0 Å². The maximum Gasteiger partial charge on any atom is 0.278 e. The van der Waals surface area contributed by atoms with Gasteiger partial charge in [-0.25, -0.2) is 13.8 Å². The van der Waals surface area contributed by atoms with Crippen LogP contribution in [0, 0.1) is 0 Å². The standard InChI is InChI=1S/C21H27F2N3O/c1-27-20-19(10-7-12-24-20)21(22,23)11-5-6-13-25-14-16-26(17-15-25)18-8-3-2-4-9-18/h2-4,7-10,12H,5-6,11,13-17H2,1H3. The molecule has 0 amide bonds. The number of para-hydroxylation sites is 1. The van der Waals surface area contributed by atoms with Gasteiger partial charge in [-0.3, -0.25) is 4.90 Å². The zero-order valence-electron chi connectivity index (χ0n) is 15.8. The average molecular weight is 375 g/mol. The molecule has 2 heterocycles. The van der Waals surface area contributed by atoms with Crippen molar-refractivity contribution in [3.05, 3.63) is 54.2 Å². The van der Waals surface area contributed by atoms with E-state index in [1.165, 1.54) is 31.1 Å². The third-order valence-electron chi connectivity index (χ3n) is 5.07. The van der Waals surface area contributed by atoms with Crippen LogP contribution in [-0.4, -0.2) is 49.7 Å². The largest absolute Gasteiger partial charge is 0.481 e. The summed E-state index contributed by atoms with van der Waals surface area (Å²) in [5.41, 5.74) is 1.13. The number of pyridine rings is 1. The summed E-state index contributed by atoms with van der Waals surface area (Å²) in [5.74, 6) is -2.90. The van der Waals surface area contributed by atoms with E-state index in [0.29, 0.717) is 6.42 Å². The number of hydrogen-bond acceptors (Lipinski definition) is 4. The summed E-state index contributed by atoms with van der Waals surface area (Å²) in [6.45, 7) is 4.77. The van der Waals surface area contributed by atoms with Gasteiger partial charge in [0.25, 0.3) is 5.92 Å². The van der Waals surface area contributed by atoms with E-state index in [0.717, 1.165) is 39.1 Å². The van der Waals surface area contributed by atoms with Gasteiger partial charge in [-0.1, -0.05) is 18.2 Å². The average Bonchev–Trinajstić information content (AvgIpc) is 2.72. The molecular weight excluding hydrogens is 348 g/mol. The predicted octanol–water partition coefficient (Wildman–Crippen LogP) is 4.17. The first-order valence-electron chi connectivity index (χ1n) is 9.50. The van der Waals surface area contributed by atoms with Gasteiger partial charge >= 0.3 is 0 Å². The molecule has 6 heteroatoms. The lowest BCUT2D eigenvalue weighted by atomic mass is 10.0. The summed E-state index contributed by atoms with van der Waals surface area (Å²) in [5, 5.41) is 0. The fourth-order valence-corrected chi connectivity index (χ4v) is 3.52. The van der Waals surface area contributed by atoms with Crippen LogP contribution < -0.4 is 9.64 Å². The second-order valence-electron chi connectivity index (χ2n) is 6.89. The van der Waals surface area contributed by atoms with Crippen LogP contribution in [0.5, 0.6) is 5.88 Å². The number of hydrogen-bond donors (Lipinski definition) is 0. The Kier molecular flexibility index (Phi) is 6.61. The van der Waals surface area contributed by atoms with E-state index in [1.54, 1.807) is 0 Å². The summed E-state index contributed by atoms with van der Waals surface area (Å²) >= 11 is 0. The molecule has 0 saturated carbocycles. The van der Waals surface area contributed by atoms with Gasteiger partial charge < -0.3 is 9.64 Å². The molecule has 1 aromatic heterocycles. The monoisotopic (exact) mass is 375 g/mol. The highest BCUT2D eigenvalue weighted by molar-refractivity contribution is 5.46. The molecule has 27 heavy (non-hydrogen) atoms. The molecule has 0 spiro atoms. The molecule has 0 aliphatic carbocycles. The van der Waals surface area contributed by atoms with Crippen LogP contribution in [0.25, 0.3) is 0 Å². The Morgan fingerprint density at radius 3 is 2.44 bits per heavy atom. The van der Waals surface area contributed by atoms with Crippen LogP contribution in [0.2, 0.25) is 0 Å². The minimum Gasteiger partial charge on any atom is -0.481 e. The van der Waals surface area contributed by atoms with E-state index in [9.17, 15) is 8.78 Å². The van der Waals surface area contributed by atoms with E-state index < -0.39 is 5.92 Å². The molecule has 0 atom stereocenters. The van der Waals surface area contributed by atoms with E-state index in [1.807, 2.05) is 6.07 Å². The SMILES string of the molecule is COc1ncccc1C(F)(F)CCCCN1CCN(c2ccccc2)CC1. The van der Waals surface area contributed by atoms with Gasteiger partial charge in [0.2, 0.25) is 5.88 Å². The van der Waals surface area contributed by atoms with Crippen molar-refractivity contribution in [3.8, 4) is 5.88 Å². The number of alkyl halides is 2. The van der Waals surface area contributed by atoms with Crippen LogP contribution in [0.1, 0.15) is 24.8 Å². The van der Waals surface area contributed by atoms with Crippen molar-refractivity contribution in [3.63, 3.8) is 0 Å². The summed E-state index contributed by atoms with van der Waals surface area (Å²) in [6.07, 6.45) is 2.53. The molecule has 1 aromatic carbocycles. The zero-order valence-corrected chi connectivity index (χ0v) is 15.8. The maximum absolute atomic E-state index is 14.5. The molecule has 4 nitrogen and oxygen atoms in total. The van der Waals surface area contributed by atoms with Gasteiger partial charge in [-0.15, -0.1) is 0 Å². The fourth-order valence-electron chi connectivity index (χ4n) is 3.52. The van der Waals surface area contributed by atoms with E-state index in [-0.39, 0.29) is 17.9 Å². The Morgan fingerprint density at radius 1 is 1.00 bits per heavy atom. The second-order valence-corrected chi connectivity index (χ2v) is 6.89.